The third-order valence-corrected chi connectivity index (χ3v) is 4.52. The second-order valence-corrected chi connectivity index (χ2v) is 6.16. The zero-order chi connectivity index (χ0) is 14.2. The Morgan fingerprint density at radius 1 is 1.37 bits per heavy atom. The van der Waals surface area contributed by atoms with Gasteiger partial charge in [0.2, 0.25) is 0 Å². The van der Waals surface area contributed by atoms with Crippen molar-refractivity contribution in [3.05, 3.63) is 50.7 Å². The van der Waals surface area contributed by atoms with Gasteiger partial charge in [0.05, 0.1) is 21.5 Å². The van der Waals surface area contributed by atoms with Gasteiger partial charge < -0.3 is 5.11 Å². The highest BCUT2D eigenvalue weighted by Crippen LogP contribution is 2.30. The normalized spacial score (nSPS) is 14.4. The summed E-state index contributed by atoms with van der Waals surface area (Å²) in [5.74, 6) is 0. The molecule has 0 aliphatic carbocycles. The van der Waals surface area contributed by atoms with Crippen LogP contribution in [0.3, 0.4) is 0 Å². The largest absolute Gasteiger partial charge is 0.385 e. The lowest BCUT2D eigenvalue weighted by Crippen LogP contribution is -2.25. The Bertz CT molecular complexity index is 590. The van der Waals surface area contributed by atoms with Crippen LogP contribution in [0.4, 0.5) is 0 Å². The zero-order valence-electron chi connectivity index (χ0n) is 11.1. The van der Waals surface area contributed by atoms with Gasteiger partial charge in [0.15, 0.2) is 0 Å². The molecule has 2 aromatic rings. The first-order valence-electron chi connectivity index (χ1n) is 5.97. The van der Waals surface area contributed by atoms with Gasteiger partial charge in [0.25, 0.3) is 0 Å². The Morgan fingerprint density at radius 2 is 1.95 bits per heavy atom. The van der Waals surface area contributed by atoms with E-state index in [1.54, 1.807) is 23.7 Å². The van der Waals surface area contributed by atoms with Crippen molar-refractivity contribution in [3.8, 4) is 0 Å². The highest BCUT2D eigenvalue weighted by Gasteiger charge is 2.27. The van der Waals surface area contributed by atoms with E-state index in [0.29, 0.717) is 11.4 Å². The molecule has 1 heterocycles. The van der Waals surface area contributed by atoms with Crippen molar-refractivity contribution < 1.29 is 5.11 Å². The van der Waals surface area contributed by atoms with Gasteiger partial charge in [-0.3, -0.25) is 4.68 Å². The van der Waals surface area contributed by atoms with E-state index in [2.05, 4.69) is 21.0 Å². The molecule has 0 saturated carbocycles. The van der Waals surface area contributed by atoms with Crippen LogP contribution in [-0.4, -0.2) is 14.9 Å². The summed E-state index contributed by atoms with van der Waals surface area (Å²) in [5, 5.41) is 15.7. The number of nitrogens with zero attached hydrogens (tertiary/aromatic N) is 2. The average Bonchev–Trinajstić information content (AvgIpc) is 2.56. The number of aliphatic hydroxyl groups is 1. The molecule has 0 amide bonds. The van der Waals surface area contributed by atoms with Crippen LogP contribution in [0.25, 0.3) is 0 Å². The Kier molecular flexibility index (Phi) is 4.04. The Hall–Kier alpha value is -0.840. The van der Waals surface area contributed by atoms with Gasteiger partial charge in [0.1, 0.15) is 0 Å². The molecule has 0 radical (unpaired) electrons. The fourth-order valence-electron chi connectivity index (χ4n) is 2.11. The van der Waals surface area contributed by atoms with Gasteiger partial charge in [-0.05, 0) is 47.5 Å². The third-order valence-electron chi connectivity index (χ3n) is 3.24. The van der Waals surface area contributed by atoms with Gasteiger partial charge in [-0.2, -0.15) is 5.10 Å². The molecule has 1 N–H and O–H groups in total. The van der Waals surface area contributed by atoms with Crippen molar-refractivity contribution in [2.75, 3.05) is 0 Å². The third kappa shape index (κ3) is 3.02. The van der Waals surface area contributed by atoms with Crippen LogP contribution in [0.5, 0.6) is 0 Å². The summed E-state index contributed by atoms with van der Waals surface area (Å²) >= 11 is 9.39. The number of rotatable bonds is 3. The topological polar surface area (TPSA) is 38.0 Å². The highest BCUT2D eigenvalue weighted by atomic mass is 79.9. The summed E-state index contributed by atoms with van der Waals surface area (Å²) in [4.78, 5) is 0. The number of halogens is 2. The summed E-state index contributed by atoms with van der Waals surface area (Å²) in [5.41, 5.74) is 1.76. The van der Waals surface area contributed by atoms with Crippen LogP contribution >= 0.6 is 27.5 Å². The standard InChI is InChI=1S/C14H16BrClN2O/c1-9-13(15)12(18(3)17-9)8-14(2,19)10-4-6-11(16)7-5-10/h4-7,19H,8H2,1-3H3. The molecule has 1 aromatic carbocycles. The molecule has 0 aliphatic heterocycles. The van der Waals surface area contributed by atoms with E-state index in [0.717, 1.165) is 21.4 Å². The average molecular weight is 344 g/mol. The first kappa shape index (κ1) is 14.6. The van der Waals surface area contributed by atoms with E-state index in [1.807, 2.05) is 26.1 Å². The molecule has 1 aromatic heterocycles. The smallest absolute Gasteiger partial charge is 0.0924 e. The first-order valence-corrected chi connectivity index (χ1v) is 7.15. The Morgan fingerprint density at radius 3 is 2.42 bits per heavy atom. The lowest BCUT2D eigenvalue weighted by molar-refractivity contribution is 0.0554. The van der Waals surface area contributed by atoms with E-state index < -0.39 is 5.60 Å². The lowest BCUT2D eigenvalue weighted by Gasteiger charge is -2.24. The van der Waals surface area contributed by atoms with E-state index >= 15 is 0 Å². The molecule has 0 spiro atoms. The van der Waals surface area contributed by atoms with Crippen molar-refractivity contribution in [1.82, 2.24) is 9.78 Å². The number of aryl methyl sites for hydroxylation is 2. The number of benzene rings is 1. The molecule has 1 atom stereocenters. The minimum atomic E-state index is -0.965. The first-order chi connectivity index (χ1) is 8.81. The lowest BCUT2D eigenvalue weighted by atomic mass is 9.91. The molecule has 0 bridgehead atoms. The quantitative estimate of drug-likeness (QED) is 0.925. The molecule has 3 nitrogen and oxygen atoms in total. The predicted octanol–water partition coefficient (Wildman–Crippen LogP) is 3.59. The number of hydrogen-bond donors (Lipinski definition) is 1. The van der Waals surface area contributed by atoms with Gasteiger partial charge in [-0.25, -0.2) is 0 Å². The van der Waals surface area contributed by atoms with Crippen LogP contribution in [0, 0.1) is 6.92 Å². The SMILES string of the molecule is Cc1nn(C)c(CC(C)(O)c2ccc(Cl)cc2)c1Br. The van der Waals surface area contributed by atoms with Crippen LogP contribution in [0.15, 0.2) is 28.7 Å². The van der Waals surface area contributed by atoms with Crippen molar-refractivity contribution in [1.29, 1.82) is 0 Å². The molecule has 0 saturated heterocycles. The molecule has 102 valence electrons. The van der Waals surface area contributed by atoms with E-state index in [9.17, 15) is 5.11 Å². The monoisotopic (exact) mass is 342 g/mol. The van der Waals surface area contributed by atoms with Gasteiger partial charge >= 0.3 is 0 Å². The molecule has 1 unspecified atom stereocenters. The summed E-state index contributed by atoms with van der Waals surface area (Å²) in [6.07, 6.45) is 0.479. The second kappa shape index (κ2) is 5.27. The summed E-state index contributed by atoms with van der Waals surface area (Å²) in [6, 6.07) is 7.27. The van der Waals surface area contributed by atoms with Gasteiger partial charge in [-0.1, -0.05) is 23.7 Å². The summed E-state index contributed by atoms with van der Waals surface area (Å²) in [7, 11) is 1.88. The van der Waals surface area contributed by atoms with Crippen molar-refractivity contribution in [2.45, 2.75) is 25.9 Å². The minimum absolute atomic E-state index is 0.479. The maximum absolute atomic E-state index is 10.7. The van der Waals surface area contributed by atoms with Gasteiger partial charge in [-0.15, -0.1) is 0 Å². The minimum Gasteiger partial charge on any atom is -0.385 e. The molecular weight excluding hydrogens is 328 g/mol. The highest BCUT2D eigenvalue weighted by molar-refractivity contribution is 9.10. The Balaban J connectivity index is 2.33. The van der Waals surface area contributed by atoms with Crippen LogP contribution in [0.1, 0.15) is 23.9 Å². The fourth-order valence-corrected chi connectivity index (χ4v) is 2.71. The van der Waals surface area contributed by atoms with E-state index in [-0.39, 0.29) is 0 Å². The molecule has 2 rings (SSSR count). The number of hydrogen-bond acceptors (Lipinski definition) is 2. The van der Waals surface area contributed by atoms with Crippen molar-refractivity contribution in [3.63, 3.8) is 0 Å². The Labute approximate surface area is 126 Å². The number of aromatic nitrogens is 2. The van der Waals surface area contributed by atoms with E-state index in [4.69, 9.17) is 11.6 Å². The molecule has 19 heavy (non-hydrogen) atoms. The predicted molar refractivity (Wildman–Crippen MR) is 80.4 cm³/mol. The summed E-state index contributed by atoms with van der Waals surface area (Å²) < 4.78 is 2.74. The van der Waals surface area contributed by atoms with Crippen molar-refractivity contribution >= 4 is 27.5 Å². The zero-order valence-corrected chi connectivity index (χ0v) is 13.5. The van der Waals surface area contributed by atoms with Crippen LogP contribution in [-0.2, 0) is 19.1 Å². The second-order valence-electron chi connectivity index (χ2n) is 4.93. The maximum Gasteiger partial charge on any atom is 0.0924 e. The fraction of sp³-hybridized carbons (Fsp3) is 0.357. The molecular formula is C14H16BrClN2O. The van der Waals surface area contributed by atoms with Gasteiger partial charge in [0, 0.05) is 18.5 Å². The molecule has 0 aliphatic rings. The summed E-state index contributed by atoms with van der Waals surface area (Å²) in [6.45, 7) is 3.73. The molecule has 5 heteroatoms. The maximum atomic E-state index is 10.7. The van der Waals surface area contributed by atoms with Crippen LogP contribution < -0.4 is 0 Å². The van der Waals surface area contributed by atoms with Crippen molar-refractivity contribution in [2.24, 2.45) is 7.05 Å². The van der Waals surface area contributed by atoms with Crippen LogP contribution in [0.2, 0.25) is 5.02 Å². The van der Waals surface area contributed by atoms with E-state index in [1.165, 1.54) is 0 Å². The molecule has 0 fully saturated rings.